The van der Waals surface area contributed by atoms with Crippen molar-refractivity contribution in [3.05, 3.63) is 59.2 Å². The Hall–Kier alpha value is -1.76. The first kappa shape index (κ1) is 17.6. The molecule has 5 heteroatoms. The number of hydrogen-bond donors (Lipinski definition) is 3. The second kappa shape index (κ2) is 8.19. The number of phenolic OH excluding ortho intramolecular Hbond substituents is 1. The minimum absolute atomic E-state index is 0. The molecule has 0 aromatic heterocycles. The molecule has 4 N–H and O–H groups in total. The van der Waals surface area contributed by atoms with E-state index in [0.29, 0.717) is 12.5 Å². The molecule has 2 aromatic rings. The molecule has 2 aromatic carbocycles. The van der Waals surface area contributed by atoms with E-state index in [9.17, 15) is 5.11 Å². The van der Waals surface area contributed by atoms with E-state index in [4.69, 9.17) is 5.73 Å². The van der Waals surface area contributed by atoms with E-state index in [0.717, 1.165) is 24.1 Å². The van der Waals surface area contributed by atoms with Crippen LogP contribution in [0.25, 0.3) is 0 Å². The maximum absolute atomic E-state index is 9.45. The highest BCUT2D eigenvalue weighted by Gasteiger charge is 2.13. The average molecular weight is 423 g/mol. The van der Waals surface area contributed by atoms with E-state index in [1.165, 1.54) is 24.0 Å². The third kappa shape index (κ3) is 4.60. The zero-order valence-corrected chi connectivity index (χ0v) is 15.3. The van der Waals surface area contributed by atoms with Crippen molar-refractivity contribution in [3.8, 4) is 5.75 Å². The smallest absolute Gasteiger partial charge is 0.193 e. The molecule has 1 aliphatic carbocycles. The van der Waals surface area contributed by atoms with Gasteiger partial charge in [-0.25, -0.2) is 4.99 Å². The summed E-state index contributed by atoms with van der Waals surface area (Å²) in [6.07, 6.45) is 4.73. The second-order valence-electron chi connectivity index (χ2n) is 5.65. The van der Waals surface area contributed by atoms with Gasteiger partial charge < -0.3 is 16.2 Å². The fourth-order valence-corrected chi connectivity index (χ4v) is 2.91. The zero-order valence-electron chi connectivity index (χ0n) is 13.0. The molecule has 0 saturated carbocycles. The molecule has 0 unspecified atom stereocenters. The summed E-state index contributed by atoms with van der Waals surface area (Å²) in [6.45, 7) is 0.447. The second-order valence-corrected chi connectivity index (χ2v) is 5.65. The summed E-state index contributed by atoms with van der Waals surface area (Å²) in [5.74, 6) is 0.652. The minimum atomic E-state index is 0. The first-order valence-corrected chi connectivity index (χ1v) is 7.68. The minimum Gasteiger partial charge on any atom is -0.508 e. The summed E-state index contributed by atoms with van der Waals surface area (Å²) in [7, 11) is 0. The molecule has 3 rings (SSSR count). The lowest BCUT2D eigenvalue weighted by Crippen LogP contribution is -2.24. The number of phenols is 1. The summed E-state index contributed by atoms with van der Waals surface area (Å²) >= 11 is 0. The van der Waals surface area contributed by atoms with Crippen LogP contribution in [0.4, 0.5) is 5.69 Å². The Labute approximate surface area is 153 Å². The highest BCUT2D eigenvalue weighted by Crippen LogP contribution is 2.27. The standard InChI is InChI=1S/C18H21N3O.HI/c19-18(20-12-13-5-3-8-15(22)11-13)21-17-10-4-7-14-6-1-2-9-16(14)17;/h3-5,7-8,10-11,22H,1-2,6,9,12H2,(H3,19,20,21);1H. The molecule has 0 radical (unpaired) electrons. The van der Waals surface area contributed by atoms with Crippen LogP contribution in [0.2, 0.25) is 0 Å². The summed E-state index contributed by atoms with van der Waals surface area (Å²) < 4.78 is 0. The number of halogens is 1. The van der Waals surface area contributed by atoms with Crippen LogP contribution in [0.15, 0.2) is 47.5 Å². The Morgan fingerprint density at radius 2 is 1.91 bits per heavy atom. The Kier molecular flexibility index (Phi) is 6.27. The highest BCUT2D eigenvalue weighted by molar-refractivity contribution is 14.0. The predicted octanol–water partition coefficient (Wildman–Crippen LogP) is 3.82. The van der Waals surface area contributed by atoms with Crippen molar-refractivity contribution in [1.29, 1.82) is 0 Å². The highest BCUT2D eigenvalue weighted by atomic mass is 127. The van der Waals surface area contributed by atoms with Gasteiger partial charge in [0.15, 0.2) is 5.96 Å². The monoisotopic (exact) mass is 423 g/mol. The van der Waals surface area contributed by atoms with Gasteiger partial charge in [-0.3, -0.25) is 0 Å². The van der Waals surface area contributed by atoms with Crippen LogP contribution >= 0.6 is 24.0 Å². The van der Waals surface area contributed by atoms with E-state index in [1.54, 1.807) is 18.2 Å². The van der Waals surface area contributed by atoms with Gasteiger partial charge in [0, 0.05) is 5.69 Å². The molecule has 0 amide bonds. The summed E-state index contributed by atoms with van der Waals surface area (Å²) in [6, 6.07) is 13.4. The number of hydrogen-bond acceptors (Lipinski definition) is 2. The van der Waals surface area contributed by atoms with Crippen molar-refractivity contribution >= 4 is 35.6 Å². The summed E-state index contributed by atoms with van der Waals surface area (Å²) in [4.78, 5) is 4.35. The van der Waals surface area contributed by atoms with Crippen molar-refractivity contribution in [1.82, 2.24) is 0 Å². The largest absolute Gasteiger partial charge is 0.508 e. The third-order valence-electron chi connectivity index (χ3n) is 4.00. The maximum Gasteiger partial charge on any atom is 0.193 e. The van der Waals surface area contributed by atoms with Crippen LogP contribution in [0.5, 0.6) is 5.75 Å². The third-order valence-corrected chi connectivity index (χ3v) is 4.00. The Morgan fingerprint density at radius 3 is 2.74 bits per heavy atom. The lowest BCUT2D eigenvalue weighted by atomic mass is 9.90. The van der Waals surface area contributed by atoms with Crippen molar-refractivity contribution < 1.29 is 5.11 Å². The number of fused-ring (bicyclic) bond motifs is 1. The van der Waals surface area contributed by atoms with E-state index >= 15 is 0 Å². The molecular formula is C18H22IN3O. The van der Waals surface area contributed by atoms with Crippen LogP contribution in [0.1, 0.15) is 29.5 Å². The van der Waals surface area contributed by atoms with E-state index in [-0.39, 0.29) is 29.7 Å². The Morgan fingerprint density at radius 1 is 1.13 bits per heavy atom. The fourth-order valence-electron chi connectivity index (χ4n) is 2.91. The topological polar surface area (TPSA) is 70.6 Å². The number of aliphatic imine (C=N–C) groups is 1. The maximum atomic E-state index is 9.45. The van der Waals surface area contributed by atoms with Gasteiger partial charge >= 0.3 is 0 Å². The molecule has 4 nitrogen and oxygen atoms in total. The number of guanidine groups is 1. The van der Waals surface area contributed by atoms with Gasteiger partial charge in [-0.15, -0.1) is 24.0 Å². The normalized spacial score (nSPS) is 13.8. The molecule has 23 heavy (non-hydrogen) atoms. The molecule has 0 fully saturated rings. The lowest BCUT2D eigenvalue weighted by molar-refractivity contribution is 0.474. The average Bonchev–Trinajstić information content (AvgIpc) is 2.53. The van der Waals surface area contributed by atoms with Crippen LogP contribution < -0.4 is 11.1 Å². The first-order chi connectivity index (χ1) is 10.7. The van der Waals surface area contributed by atoms with Gasteiger partial charge in [-0.2, -0.15) is 0 Å². The van der Waals surface area contributed by atoms with Crippen molar-refractivity contribution in [3.63, 3.8) is 0 Å². The van der Waals surface area contributed by atoms with Gasteiger partial charge in [-0.05, 0) is 60.6 Å². The molecular weight excluding hydrogens is 401 g/mol. The molecule has 0 heterocycles. The molecule has 1 aliphatic rings. The summed E-state index contributed by atoms with van der Waals surface area (Å²) in [5.41, 5.74) is 10.8. The first-order valence-electron chi connectivity index (χ1n) is 7.68. The SMILES string of the molecule is I.NC(=NCc1cccc(O)c1)Nc1cccc2c1CCCC2. The molecule has 122 valence electrons. The summed E-state index contributed by atoms with van der Waals surface area (Å²) in [5, 5.41) is 12.7. The van der Waals surface area contributed by atoms with Crippen LogP contribution in [0.3, 0.4) is 0 Å². The molecule has 0 spiro atoms. The van der Waals surface area contributed by atoms with Crippen LogP contribution in [-0.2, 0) is 19.4 Å². The van der Waals surface area contributed by atoms with E-state index < -0.39 is 0 Å². The number of anilines is 1. The number of nitrogens with zero attached hydrogens (tertiary/aromatic N) is 1. The number of aryl methyl sites for hydroxylation is 1. The fraction of sp³-hybridized carbons (Fsp3) is 0.278. The van der Waals surface area contributed by atoms with Gasteiger partial charge in [0.05, 0.1) is 6.54 Å². The zero-order chi connectivity index (χ0) is 15.4. The van der Waals surface area contributed by atoms with Gasteiger partial charge in [-0.1, -0.05) is 24.3 Å². The quantitative estimate of drug-likeness (QED) is 0.400. The number of benzene rings is 2. The van der Waals surface area contributed by atoms with Gasteiger partial charge in [0.2, 0.25) is 0 Å². The number of nitrogens with two attached hydrogens (primary N) is 1. The van der Waals surface area contributed by atoms with Gasteiger partial charge in [0.1, 0.15) is 5.75 Å². The number of aromatic hydroxyl groups is 1. The number of rotatable bonds is 3. The van der Waals surface area contributed by atoms with Crippen LogP contribution in [-0.4, -0.2) is 11.1 Å². The van der Waals surface area contributed by atoms with E-state index in [2.05, 4.69) is 28.5 Å². The van der Waals surface area contributed by atoms with Crippen molar-refractivity contribution in [2.45, 2.75) is 32.2 Å². The predicted molar refractivity (Wildman–Crippen MR) is 106 cm³/mol. The Balaban J connectivity index is 0.00000192. The van der Waals surface area contributed by atoms with Crippen molar-refractivity contribution in [2.75, 3.05) is 5.32 Å². The van der Waals surface area contributed by atoms with Crippen molar-refractivity contribution in [2.24, 2.45) is 10.7 Å². The van der Waals surface area contributed by atoms with E-state index in [1.807, 2.05) is 6.07 Å². The molecule has 0 bridgehead atoms. The molecule has 0 atom stereocenters. The van der Waals surface area contributed by atoms with Crippen LogP contribution in [0, 0.1) is 0 Å². The number of nitrogens with one attached hydrogen (secondary N) is 1. The molecule has 0 aliphatic heterocycles. The Bertz CT molecular complexity index is 700. The van der Waals surface area contributed by atoms with Gasteiger partial charge in [0.25, 0.3) is 0 Å². The molecule has 0 saturated heterocycles. The lowest BCUT2D eigenvalue weighted by Gasteiger charge is -2.19.